The lowest BCUT2D eigenvalue weighted by Crippen LogP contribution is -2.61. The number of amides is 2. The van der Waals surface area contributed by atoms with Crippen molar-refractivity contribution in [1.82, 2.24) is 10.2 Å². The second-order valence-corrected chi connectivity index (χ2v) is 6.56. The van der Waals surface area contributed by atoms with Crippen LogP contribution in [0.5, 0.6) is 0 Å². The zero-order chi connectivity index (χ0) is 15.1. The fraction of sp³-hybridized carbons (Fsp3) is 0.882. The van der Waals surface area contributed by atoms with Gasteiger partial charge in [-0.15, -0.1) is 0 Å². The molecule has 2 fully saturated rings. The first-order valence-corrected chi connectivity index (χ1v) is 8.81. The maximum Gasteiger partial charge on any atom is 0.243 e. The highest BCUT2D eigenvalue weighted by Gasteiger charge is 2.39. The summed E-state index contributed by atoms with van der Waals surface area (Å²) in [4.78, 5) is 26.4. The highest BCUT2D eigenvalue weighted by molar-refractivity contribution is 5.95. The van der Waals surface area contributed by atoms with E-state index in [1.165, 1.54) is 38.5 Å². The summed E-state index contributed by atoms with van der Waals surface area (Å²) in [6.07, 6.45) is 11.8. The molecule has 1 saturated carbocycles. The zero-order valence-electron chi connectivity index (χ0n) is 13.4. The molecule has 0 aromatic rings. The lowest BCUT2D eigenvalue weighted by atomic mass is 9.82. The molecule has 0 spiro atoms. The van der Waals surface area contributed by atoms with Crippen molar-refractivity contribution in [3.05, 3.63) is 0 Å². The summed E-state index contributed by atoms with van der Waals surface area (Å²) < 4.78 is 0. The van der Waals surface area contributed by atoms with Crippen LogP contribution in [-0.4, -0.2) is 35.8 Å². The number of nitrogens with zero attached hydrogens (tertiary/aromatic N) is 1. The first-order chi connectivity index (χ1) is 10.2. The number of nitrogens with one attached hydrogen (secondary N) is 1. The number of carbonyl (C=O) groups is 2. The van der Waals surface area contributed by atoms with Gasteiger partial charge in [-0.1, -0.05) is 51.9 Å². The maximum atomic E-state index is 12.3. The second kappa shape index (κ2) is 8.40. The number of hydrogen-bond acceptors (Lipinski definition) is 2. The Kier molecular flexibility index (Phi) is 6.52. The van der Waals surface area contributed by atoms with Crippen molar-refractivity contribution in [3.8, 4) is 0 Å². The number of carbonyl (C=O) groups excluding carboxylic acids is 2. The van der Waals surface area contributed by atoms with E-state index in [2.05, 4.69) is 12.2 Å². The average Bonchev–Trinajstić information content (AvgIpc) is 2.51. The molecule has 0 bridgehead atoms. The molecule has 0 aromatic carbocycles. The predicted octanol–water partition coefficient (Wildman–Crippen LogP) is 2.86. The Balaban J connectivity index is 1.91. The van der Waals surface area contributed by atoms with E-state index >= 15 is 0 Å². The molecule has 2 aliphatic rings. The van der Waals surface area contributed by atoms with Gasteiger partial charge in [0, 0.05) is 6.54 Å². The van der Waals surface area contributed by atoms with Crippen molar-refractivity contribution in [2.24, 2.45) is 5.92 Å². The van der Waals surface area contributed by atoms with Crippen molar-refractivity contribution in [3.63, 3.8) is 0 Å². The van der Waals surface area contributed by atoms with Gasteiger partial charge in [0.25, 0.3) is 0 Å². The third kappa shape index (κ3) is 4.45. The molecular weight excluding hydrogens is 264 g/mol. The van der Waals surface area contributed by atoms with Gasteiger partial charge in [0.05, 0.1) is 6.54 Å². The highest BCUT2D eigenvalue weighted by Crippen LogP contribution is 2.30. The van der Waals surface area contributed by atoms with E-state index in [9.17, 15) is 9.59 Å². The van der Waals surface area contributed by atoms with Crippen LogP contribution in [0.15, 0.2) is 0 Å². The van der Waals surface area contributed by atoms with Gasteiger partial charge in [0.15, 0.2) is 0 Å². The highest BCUT2D eigenvalue weighted by atomic mass is 16.2. The average molecular weight is 294 g/mol. The van der Waals surface area contributed by atoms with Gasteiger partial charge in [-0.2, -0.15) is 0 Å². The normalized spacial score (nSPS) is 24.2. The van der Waals surface area contributed by atoms with E-state index in [0.717, 1.165) is 32.2 Å². The summed E-state index contributed by atoms with van der Waals surface area (Å²) in [6.45, 7) is 3.16. The van der Waals surface area contributed by atoms with Crippen LogP contribution in [-0.2, 0) is 9.59 Å². The first-order valence-electron chi connectivity index (χ1n) is 8.81. The molecule has 1 heterocycles. The van der Waals surface area contributed by atoms with E-state index < -0.39 is 0 Å². The van der Waals surface area contributed by atoms with Gasteiger partial charge >= 0.3 is 0 Å². The summed E-state index contributed by atoms with van der Waals surface area (Å²) in [5.41, 5.74) is 0. The van der Waals surface area contributed by atoms with E-state index in [1.807, 2.05) is 4.90 Å². The van der Waals surface area contributed by atoms with Crippen LogP contribution in [0.1, 0.15) is 71.1 Å². The molecule has 21 heavy (non-hydrogen) atoms. The molecule has 1 N–H and O–H groups in total. The van der Waals surface area contributed by atoms with E-state index in [-0.39, 0.29) is 24.4 Å². The summed E-state index contributed by atoms with van der Waals surface area (Å²) in [7, 11) is 0. The Morgan fingerprint density at radius 1 is 1.05 bits per heavy atom. The van der Waals surface area contributed by atoms with Crippen LogP contribution >= 0.6 is 0 Å². The van der Waals surface area contributed by atoms with E-state index in [0.29, 0.717) is 5.92 Å². The zero-order valence-corrected chi connectivity index (χ0v) is 13.4. The van der Waals surface area contributed by atoms with Gasteiger partial charge in [0.1, 0.15) is 6.04 Å². The summed E-state index contributed by atoms with van der Waals surface area (Å²) in [5.74, 6) is 0.564. The Hall–Kier alpha value is -1.06. The maximum absolute atomic E-state index is 12.3. The summed E-state index contributed by atoms with van der Waals surface area (Å²) >= 11 is 0. The predicted molar refractivity (Wildman–Crippen MR) is 83.8 cm³/mol. The lowest BCUT2D eigenvalue weighted by Gasteiger charge is -2.40. The topological polar surface area (TPSA) is 49.4 Å². The molecule has 1 aliphatic heterocycles. The molecule has 1 unspecified atom stereocenters. The largest absolute Gasteiger partial charge is 0.345 e. The van der Waals surface area contributed by atoms with Crippen LogP contribution in [0.25, 0.3) is 0 Å². The van der Waals surface area contributed by atoms with Gasteiger partial charge in [0.2, 0.25) is 11.8 Å². The lowest BCUT2D eigenvalue weighted by molar-refractivity contribution is -0.148. The quantitative estimate of drug-likeness (QED) is 0.734. The SMILES string of the molecule is CCCCCCCN1C(=O)CNC(=O)C1C1CCCCC1. The van der Waals surface area contributed by atoms with Crippen LogP contribution in [0, 0.1) is 5.92 Å². The van der Waals surface area contributed by atoms with Crippen LogP contribution in [0.3, 0.4) is 0 Å². The summed E-state index contributed by atoms with van der Waals surface area (Å²) in [5, 5.41) is 2.79. The molecule has 1 atom stereocenters. The molecule has 0 aromatic heterocycles. The molecular formula is C17H30N2O2. The molecule has 0 radical (unpaired) electrons. The Labute approximate surface area is 128 Å². The molecule has 1 saturated heterocycles. The fourth-order valence-electron chi connectivity index (χ4n) is 3.73. The van der Waals surface area contributed by atoms with Gasteiger partial charge in [-0.05, 0) is 25.2 Å². The molecule has 4 heteroatoms. The number of unbranched alkanes of at least 4 members (excludes halogenated alkanes) is 4. The molecule has 4 nitrogen and oxygen atoms in total. The minimum Gasteiger partial charge on any atom is -0.345 e. The van der Waals surface area contributed by atoms with Gasteiger partial charge in [-0.25, -0.2) is 0 Å². The van der Waals surface area contributed by atoms with Crippen molar-refractivity contribution in [1.29, 1.82) is 0 Å². The van der Waals surface area contributed by atoms with Crippen molar-refractivity contribution < 1.29 is 9.59 Å². The Morgan fingerprint density at radius 2 is 1.76 bits per heavy atom. The first kappa shape index (κ1) is 16.3. The van der Waals surface area contributed by atoms with Gasteiger partial charge < -0.3 is 10.2 Å². The standard InChI is InChI=1S/C17H30N2O2/c1-2-3-4-5-9-12-19-15(20)13-18-17(21)16(19)14-10-7-6-8-11-14/h14,16H,2-13H2,1H3,(H,18,21). The monoisotopic (exact) mass is 294 g/mol. The molecule has 1 aliphatic carbocycles. The smallest absolute Gasteiger partial charge is 0.243 e. The fourth-order valence-corrected chi connectivity index (χ4v) is 3.73. The minimum atomic E-state index is -0.197. The molecule has 2 amide bonds. The minimum absolute atomic E-state index is 0.0788. The number of piperazine rings is 1. The van der Waals surface area contributed by atoms with Gasteiger partial charge in [-0.3, -0.25) is 9.59 Å². The van der Waals surface area contributed by atoms with Crippen LogP contribution in [0.2, 0.25) is 0 Å². The molecule has 2 rings (SSSR count). The van der Waals surface area contributed by atoms with Crippen molar-refractivity contribution in [2.45, 2.75) is 77.2 Å². The third-order valence-electron chi connectivity index (χ3n) is 4.94. The summed E-state index contributed by atoms with van der Waals surface area (Å²) in [6, 6.07) is -0.197. The van der Waals surface area contributed by atoms with E-state index in [1.54, 1.807) is 0 Å². The van der Waals surface area contributed by atoms with Crippen molar-refractivity contribution >= 4 is 11.8 Å². The Bertz CT molecular complexity index is 351. The number of rotatable bonds is 7. The van der Waals surface area contributed by atoms with E-state index in [4.69, 9.17) is 0 Å². The second-order valence-electron chi connectivity index (χ2n) is 6.56. The number of hydrogen-bond donors (Lipinski definition) is 1. The van der Waals surface area contributed by atoms with Crippen LogP contribution in [0.4, 0.5) is 0 Å². The third-order valence-corrected chi connectivity index (χ3v) is 4.94. The molecule has 120 valence electrons. The Morgan fingerprint density at radius 3 is 2.48 bits per heavy atom. The van der Waals surface area contributed by atoms with Crippen molar-refractivity contribution in [2.75, 3.05) is 13.1 Å². The van der Waals surface area contributed by atoms with Crippen LogP contribution < -0.4 is 5.32 Å².